The Labute approximate surface area is 125 Å². The van der Waals surface area contributed by atoms with E-state index in [1.165, 1.54) is 6.42 Å². The lowest BCUT2D eigenvalue weighted by Gasteiger charge is -2.28. The molecular formula is C16H22Cl2O. The molecule has 1 unspecified atom stereocenters. The van der Waals surface area contributed by atoms with Crippen molar-refractivity contribution in [1.82, 2.24) is 0 Å². The molecule has 1 atom stereocenters. The summed E-state index contributed by atoms with van der Waals surface area (Å²) in [5, 5.41) is 12.2. The van der Waals surface area contributed by atoms with Crippen LogP contribution < -0.4 is 0 Å². The van der Waals surface area contributed by atoms with E-state index in [2.05, 4.69) is 13.8 Å². The molecule has 1 saturated carbocycles. The molecule has 1 N–H and O–H groups in total. The lowest BCUT2D eigenvalue weighted by Crippen LogP contribution is -2.31. The van der Waals surface area contributed by atoms with Crippen LogP contribution in [-0.4, -0.2) is 10.7 Å². The van der Waals surface area contributed by atoms with Gasteiger partial charge in [0.25, 0.3) is 0 Å². The normalized spacial score (nSPS) is 27.0. The molecule has 106 valence electrons. The number of halogens is 2. The second-order valence-electron chi connectivity index (χ2n) is 6.62. The molecule has 0 aliphatic heterocycles. The summed E-state index contributed by atoms with van der Waals surface area (Å²) >= 11 is 12.4. The summed E-state index contributed by atoms with van der Waals surface area (Å²) < 4.78 is 0. The fourth-order valence-electron chi connectivity index (χ4n) is 2.92. The molecule has 0 bridgehead atoms. The Balaban J connectivity index is 2.17. The van der Waals surface area contributed by atoms with Gasteiger partial charge in [-0.15, -0.1) is 0 Å². The van der Waals surface area contributed by atoms with Crippen molar-refractivity contribution < 1.29 is 5.11 Å². The minimum atomic E-state index is -0.664. The van der Waals surface area contributed by atoms with Crippen LogP contribution >= 0.6 is 23.2 Å². The standard InChI is InChI=1S/C16H22Cl2O/c1-15(2)7-4-8-16(19,10-9-15)11-12-13(17)5-3-6-14(12)18/h3,5-6,19H,4,7-11H2,1-2H3. The summed E-state index contributed by atoms with van der Waals surface area (Å²) in [6.07, 6.45) is 5.49. The van der Waals surface area contributed by atoms with Gasteiger partial charge in [0.1, 0.15) is 0 Å². The summed E-state index contributed by atoms with van der Waals surface area (Å²) in [4.78, 5) is 0. The van der Waals surface area contributed by atoms with Gasteiger partial charge in [-0.25, -0.2) is 0 Å². The van der Waals surface area contributed by atoms with Crippen LogP contribution in [-0.2, 0) is 6.42 Å². The molecule has 1 aromatic carbocycles. The van der Waals surface area contributed by atoms with Crippen molar-refractivity contribution in [2.75, 3.05) is 0 Å². The minimum absolute atomic E-state index is 0.328. The molecule has 1 aliphatic rings. The van der Waals surface area contributed by atoms with E-state index in [-0.39, 0.29) is 0 Å². The van der Waals surface area contributed by atoms with Gasteiger partial charge in [0.05, 0.1) is 5.60 Å². The van der Waals surface area contributed by atoms with Crippen LogP contribution in [0.25, 0.3) is 0 Å². The maximum absolute atomic E-state index is 10.9. The van der Waals surface area contributed by atoms with Crippen molar-refractivity contribution in [2.24, 2.45) is 5.41 Å². The van der Waals surface area contributed by atoms with E-state index in [9.17, 15) is 5.11 Å². The SMILES string of the molecule is CC1(C)CCCC(O)(Cc2c(Cl)cccc2Cl)CC1. The van der Waals surface area contributed by atoms with Crippen molar-refractivity contribution in [3.63, 3.8) is 0 Å². The number of aliphatic hydroxyl groups is 1. The first-order valence-corrected chi connectivity index (χ1v) is 7.72. The highest BCUT2D eigenvalue weighted by molar-refractivity contribution is 6.36. The predicted octanol–water partition coefficient (Wildman–Crippen LogP) is 5.26. The largest absolute Gasteiger partial charge is 0.390 e. The molecule has 0 spiro atoms. The molecule has 1 nitrogen and oxygen atoms in total. The van der Waals surface area contributed by atoms with Crippen molar-refractivity contribution in [3.8, 4) is 0 Å². The molecule has 0 aromatic heterocycles. The topological polar surface area (TPSA) is 20.2 Å². The Hall–Kier alpha value is -0.240. The van der Waals surface area contributed by atoms with Crippen LogP contribution in [0.5, 0.6) is 0 Å². The van der Waals surface area contributed by atoms with E-state index in [0.717, 1.165) is 31.2 Å². The van der Waals surface area contributed by atoms with Crippen LogP contribution in [0, 0.1) is 5.41 Å². The first-order valence-electron chi connectivity index (χ1n) is 6.97. The molecule has 0 saturated heterocycles. The third-order valence-corrected chi connectivity index (χ3v) is 5.04. The van der Waals surface area contributed by atoms with Gasteiger partial charge in [-0.3, -0.25) is 0 Å². The Kier molecular flexibility index (Phi) is 4.49. The highest BCUT2D eigenvalue weighted by atomic mass is 35.5. The molecule has 3 heteroatoms. The monoisotopic (exact) mass is 300 g/mol. The van der Waals surface area contributed by atoms with Crippen LogP contribution in [0.1, 0.15) is 51.5 Å². The molecule has 0 radical (unpaired) electrons. The van der Waals surface area contributed by atoms with Crippen LogP contribution in [0.4, 0.5) is 0 Å². The average Bonchev–Trinajstić information content (AvgIpc) is 2.44. The fraction of sp³-hybridized carbons (Fsp3) is 0.625. The first-order chi connectivity index (χ1) is 8.81. The predicted molar refractivity (Wildman–Crippen MR) is 82.0 cm³/mol. The van der Waals surface area contributed by atoms with Gasteiger partial charge in [-0.05, 0) is 48.8 Å². The Morgan fingerprint density at radius 3 is 2.32 bits per heavy atom. The lowest BCUT2D eigenvalue weighted by atomic mass is 9.83. The zero-order chi connectivity index (χ0) is 14.1. The third-order valence-electron chi connectivity index (χ3n) is 4.33. The quantitative estimate of drug-likeness (QED) is 0.739. The Morgan fingerprint density at radius 2 is 1.68 bits per heavy atom. The van der Waals surface area contributed by atoms with Gasteiger partial charge in [-0.2, -0.15) is 0 Å². The van der Waals surface area contributed by atoms with Gasteiger partial charge in [-0.1, -0.05) is 49.5 Å². The van der Waals surface area contributed by atoms with Gasteiger partial charge >= 0.3 is 0 Å². The minimum Gasteiger partial charge on any atom is -0.390 e. The number of hydrogen-bond donors (Lipinski definition) is 1. The fourth-order valence-corrected chi connectivity index (χ4v) is 3.46. The van der Waals surface area contributed by atoms with Crippen LogP contribution in [0.15, 0.2) is 18.2 Å². The smallest absolute Gasteiger partial charge is 0.0689 e. The summed E-state index contributed by atoms with van der Waals surface area (Å²) in [7, 11) is 0. The zero-order valence-corrected chi connectivity index (χ0v) is 13.2. The molecule has 0 amide bonds. The van der Waals surface area contributed by atoms with Crippen molar-refractivity contribution in [1.29, 1.82) is 0 Å². The van der Waals surface area contributed by atoms with Crippen molar-refractivity contribution in [3.05, 3.63) is 33.8 Å². The molecule has 0 heterocycles. The third kappa shape index (κ3) is 3.87. The molecule has 1 aliphatic carbocycles. The highest BCUT2D eigenvalue weighted by Gasteiger charge is 2.34. The van der Waals surface area contributed by atoms with Gasteiger partial charge in [0.15, 0.2) is 0 Å². The van der Waals surface area contributed by atoms with Crippen molar-refractivity contribution >= 4 is 23.2 Å². The first kappa shape index (κ1) is 15.2. The molecular weight excluding hydrogens is 279 g/mol. The maximum Gasteiger partial charge on any atom is 0.0689 e. The maximum atomic E-state index is 10.9. The molecule has 1 aromatic rings. The van der Waals surface area contributed by atoms with E-state index in [4.69, 9.17) is 23.2 Å². The lowest BCUT2D eigenvalue weighted by molar-refractivity contribution is 0.0226. The summed E-state index contributed by atoms with van der Waals surface area (Å²) in [5.41, 5.74) is 0.546. The van der Waals surface area contributed by atoms with Gasteiger partial charge in [0, 0.05) is 16.5 Å². The summed E-state index contributed by atoms with van der Waals surface area (Å²) in [6, 6.07) is 5.52. The molecule has 1 fully saturated rings. The van der Waals surface area contributed by atoms with Gasteiger partial charge < -0.3 is 5.11 Å². The second kappa shape index (κ2) is 5.63. The summed E-state index contributed by atoms with van der Waals surface area (Å²) in [5.74, 6) is 0. The zero-order valence-electron chi connectivity index (χ0n) is 11.7. The van der Waals surface area contributed by atoms with E-state index in [0.29, 0.717) is 21.9 Å². The van der Waals surface area contributed by atoms with Crippen LogP contribution in [0.2, 0.25) is 10.0 Å². The summed E-state index contributed by atoms with van der Waals surface area (Å²) in [6.45, 7) is 4.56. The number of hydrogen-bond acceptors (Lipinski definition) is 1. The number of benzene rings is 1. The molecule has 2 rings (SSSR count). The Bertz CT molecular complexity index is 436. The highest BCUT2D eigenvalue weighted by Crippen LogP contribution is 2.40. The van der Waals surface area contributed by atoms with E-state index >= 15 is 0 Å². The van der Waals surface area contributed by atoms with Crippen molar-refractivity contribution in [2.45, 2.75) is 58.0 Å². The average molecular weight is 301 g/mol. The van der Waals surface area contributed by atoms with E-state index in [1.54, 1.807) is 0 Å². The van der Waals surface area contributed by atoms with E-state index < -0.39 is 5.60 Å². The Morgan fingerprint density at radius 1 is 1.05 bits per heavy atom. The van der Waals surface area contributed by atoms with E-state index in [1.807, 2.05) is 18.2 Å². The second-order valence-corrected chi connectivity index (χ2v) is 7.43. The van der Waals surface area contributed by atoms with Crippen LogP contribution in [0.3, 0.4) is 0 Å². The number of rotatable bonds is 2. The molecule has 19 heavy (non-hydrogen) atoms. The van der Waals surface area contributed by atoms with Gasteiger partial charge in [0.2, 0.25) is 0 Å².